The Balaban J connectivity index is 2.02. The lowest BCUT2D eigenvalue weighted by molar-refractivity contribution is -0.133. The highest BCUT2D eigenvalue weighted by atomic mass is 16.5. The summed E-state index contributed by atoms with van der Waals surface area (Å²) in [5, 5.41) is 0. The minimum Gasteiger partial charge on any atom is -0.483 e. The van der Waals surface area contributed by atoms with Crippen LogP contribution in [0.25, 0.3) is 0 Å². The largest absolute Gasteiger partial charge is 0.483 e. The Morgan fingerprint density at radius 3 is 2.45 bits per heavy atom. The van der Waals surface area contributed by atoms with Crippen molar-refractivity contribution in [2.45, 2.75) is 32.6 Å². The maximum absolute atomic E-state index is 12.2. The summed E-state index contributed by atoms with van der Waals surface area (Å²) in [6, 6.07) is 5.23. The van der Waals surface area contributed by atoms with Crippen molar-refractivity contribution in [1.82, 2.24) is 4.90 Å². The Morgan fingerprint density at radius 1 is 1.14 bits per heavy atom. The third-order valence-electron chi connectivity index (χ3n) is 3.85. The lowest BCUT2D eigenvalue weighted by Gasteiger charge is -2.20. The van der Waals surface area contributed by atoms with Gasteiger partial charge in [0.15, 0.2) is 6.61 Å². The summed E-state index contributed by atoms with van der Waals surface area (Å²) < 4.78 is 10.3. The Morgan fingerprint density at radius 2 is 1.82 bits per heavy atom. The van der Waals surface area contributed by atoms with Crippen LogP contribution in [0, 0.1) is 6.92 Å². The molecule has 0 radical (unpaired) electrons. The second kappa shape index (κ2) is 7.82. The van der Waals surface area contributed by atoms with Crippen LogP contribution in [0.4, 0.5) is 0 Å². The molecular weight excluding hydrogens is 282 g/mol. The normalized spacial score (nSPS) is 15.1. The fourth-order valence-electron chi connectivity index (χ4n) is 2.58. The molecule has 0 bridgehead atoms. The zero-order valence-electron chi connectivity index (χ0n) is 13.3. The summed E-state index contributed by atoms with van der Waals surface area (Å²) in [6.07, 6.45) is 4.44. The van der Waals surface area contributed by atoms with Crippen LogP contribution in [-0.4, -0.2) is 43.6 Å². The Labute approximate surface area is 131 Å². The van der Waals surface area contributed by atoms with E-state index in [0.29, 0.717) is 11.3 Å². The summed E-state index contributed by atoms with van der Waals surface area (Å²) in [5.74, 6) is -0.0912. The number of nitrogens with zero attached hydrogens (tertiary/aromatic N) is 1. The molecule has 1 aliphatic heterocycles. The number of carbonyl (C=O) groups excluding carboxylic acids is 2. The molecule has 120 valence electrons. The fourth-order valence-corrected chi connectivity index (χ4v) is 2.58. The number of esters is 1. The van der Waals surface area contributed by atoms with Crippen LogP contribution in [0.1, 0.15) is 41.6 Å². The molecule has 1 aromatic rings. The number of carbonyl (C=O) groups is 2. The van der Waals surface area contributed by atoms with Gasteiger partial charge in [0.2, 0.25) is 0 Å². The summed E-state index contributed by atoms with van der Waals surface area (Å²) in [5.41, 5.74) is 1.31. The average molecular weight is 305 g/mol. The number of methoxy groups -OCH3 is 1. The number of aryl methyl sites for hydroxylation is 1. The zero-order chi connectivity index (χ0) is 15.9. The minimum absolute atomic E-state index is 0.0285. The van der Waals surface area contributed by atoms with Crippen LogP contribution in [0.2, 0.25) is 0 Å². The van der Waals surface area contributed by atoms with Crippen molar-refractivity contribution in [2.24, 2.45) is 0 Å². The summed E-state index contributed by atoms with van der Waals surface area (Å²) in [4.78, 5) is 25.8. The Kier molecular flexibility index (Phi) is 5.81. The molecule has 1 fully saturated rings. The molecule has 5 heteroatoms. The van der Waals surface area contributed by atoms with Gasteiger partial charge < -0.3 is 14.4 Å². The summed E-state index contributed by atoms with van der Waals surface area (Å²) in [6.45, 7) is 3.44. The van der Waals surface area contributed by atoms with E-state index in [2.05, 4.69) is 0 Å². The molecule has 1 aromatic carbocycles. The first kappa shape index (κ1) is 16.3. The van der Waals surface area contributed by atoms with E-state index in [4.69, 9.17) is 9.47 Å². The van der Waals surface area contributed by atoms with Crippen molar-refractivity contribution in [3.05, 3.63) is 29.3 Å². The van der Waals surface area contributed by atoms with Gasteiger partial charge in [-0.25, -0.2) is 4.79 Å². The fraction of sp³-hybridized carbons (Fsp3) is 0.529. The molecule has 1 saturated heterocycles. The van der Waals surface area contributed by atoms with E-state index < -0.39 is 5.97 Å². The quantitative estimate of drug-likeness (QED) is 0.802. The van der Waals surface area contributed by atoms with Gasteiger partial charge in [-0.2, -0.15) is 0 Å². The van der Waals surface area contributed by atoms with Gasteiger partial charge in [-0.1, -0.05) is 18.9 Å². The molecular formula is C17H23NO4. The third-order valence-corrected chi connectivity index (χ3v) is 3.85. The summed E-state index contributed by atoms with van der Waals surface area (Å²) >= 11 is 0. The van der Waals surface area contributed by atoms with Crippen molar-refractivity contribution in [3.8, 4) is 5.75 Å². The predicted octanol–water partition coefficient (Wildman–Crippen LogP) is 2.56. The van der Waals surface area contributed by atoms with Crippen LogP contribution in [0.15, 0.2) is 18.2 Å². The molecule has 0 aliphatic carbocycles. The highest BCUT2D eigenvalue weighted by molar-refractivity contribution is 5.92. The molecule has 2 rings (SSSR count). The zero-order valence-corrected chi connectivity index (χ0v) is 13.3. The first-order valence-electron chi connectivity index (χ1n) is 7.71. The van der Waals surface area contributed by atoms with E-state index in [1.54, 1.807) is 12.1 Å². The Hall–Kier alpha value is -2.04. The van der Waals surface area contributed by atoms with Crippen molar-refractivity contribution in [2.75, 3.05) is 26.8 Å². The summed E-state index contributed by atoms with van der Waals surface area (Å²) in [7, 11) is 1.33. The first-order chi connectivity index (χ1) is 10.6. The first-order valence-corrected chi connectivity index (χ1v) is 7.71. The highest BCUT2D eigenvalue weighted by Crippen LogP contribution is 2.21. The number of rotatable bonds is 4. The number of likely N-dealkylation sites (tertiary alicyclic amines) is 1. The van der Waals surface area contributed by atoms with Gasteiger partial charge in [0.25, 0.3) is 5.91 Å². The van der Waals surface area contributed by atoms with Crippen molar-refractivity contribution < 1.29 is 19.1 Å². The molecule has 0 atom stereocenters. The number of benzene rings is 1. The molecule has 0 N–H and O–H groups in total. The van der Waals surface area contributed by atoms with Crippen molar-refractivity contribution in [1.29, 1.82) is 0 Å². The number of hydrogen-bond donors (Lipinski definition) is 0. The van der Waals surface area contributed by atoms with E-state index >= 15 is 0 Å². The molecule has 0 aromatic heterocycles. The molecule has 5 nitrogen and oxygen atoms in total. The third kappa shape index (κ3) is 4.23. The molecule has 1 amide bonds. The van der Waals surface area contributed by atoms with E-state index in [9.17, 15) is 9.59 Å². The van der Waals surface area contributed by atoms with Crippen molar-refractivity contribution >= 4 is 11.9 Å². The lowest BCUT2D eigenvalue weighted by atomic mass is 10.1. The number of hydrogen-bond acceptors (Lipinski definition) is 4. The van der Waals surface area contributed by atoms with Gasteiger partial charge >= 0.3 is 5.97 Å². The van der Waals surface area contributed by atoms with Crippen LogP contribution in [0.3, 0.4) is 0 Å². The maximum atomic E-state index is 12.2. The van der Waals surface area contributed by atoms with Crippen LogP contribution in [-0.2, 0) is 9.53 Å². The second-order valence-corrected chi connectivity index (χ2v) is 5.57. The maximum Gasteiger partial charge on any atom is 0.341 e. The molecule has 1 aliphatic rings. The van der Waals surface area contributed by atoms with E-state index in [0.717, 1.165) is 31.5 Å². The second-order valence-electron chi connectivity index (χ2n) is 5.57. The SMILES string of the molecule is COC(=O)c1ccc(C)cc1OCC(=O)N1CCCCCC1. The van der Waals surface area contributed by atoms with Gasteiger partial charge in [0.05, 0.1) is 7.11 Å². The number of ether oxygens (including phenoxy) is 2. The van der Waals surface area contributed by atoms with Gasteiger partial charge in [0, 0.05) is 13.1 Å². The van der Waals surface area contributed by atoms with E-state index in [-0.39, 0.29) is 12.5 Å². The molecule has 1 heterocycles. The van der Waals surface area contributed by atoms with E-state index in [1.807, 2.05) is 17.9 Å². The van der Waals surface area contributed by atoms with Crippen molar-refractivity contribution in [3.63, 3.8) is 0 Å². The number of amides is 1. The predicted molar refractivity (Wildman–Crippen MR) is 83.1 cm³/mol. The molecule has 22 heavy (non-hydrogen) atoms. The molecule has 0 spiro atoms. The van der Waals surface area contributed by atoms with Gasteiger partial charge in [-0.05, 0) is 37.5 Å². The smallest absolute Gasteiger partial charge is 0.341 e. The topological polar surface area (TPSA) is 55.8 Å². The van der Waals surface area contributed by atoms with Gasteiger partial charge in [-0.3, -0.25) is 4.79 Å². The monoisotopic (exact) mass is 305 g/mol. The van der Waals surface area contributed by atoms with Crippen LogP contribution >= 0.6 is 0 Å². The van der Waals surface area contributed by atoms with Gasteiger partial charge in [-0.15, -0.1) is 0 Å². The van der Waals surface area contributed by atoms with Crippen LogP contribution in [0.5, 0.6) is 5.75 Å². The molecule has 0 saturated carbocycles. The Bertz CT molecular complexity index is 533. The van der Waals surface area contributed by atoms with E-state index in [1.165, 1.54) is 20.0 Å². The minimum atomic E-state index is -0.461. The van der Waals surface area contributed by atoms with Crippen LogP contribution < -0.4 is 4.74 Å². The standard InChI is InChI=1S/C17H23NO4/c1-13-7-8-14(17(20)21-2)15(11-13)22-12-16(19)18-9-5-3-4-6-10-18/h7-8,11H,3-6,9-10,12H2,1-2H3. The lowest BCUT2D eigenvalue weighted by Crippen LogP contribution is -2.35. The highest BCUT2D eigenvalue weighted by Gasteiger charge is 2.18. The average Bonchev–Trinajstić information content (AvgIpc) is 2.81. The molecule has 0 unspecified atom stereocenters. The van der Waals surface area contributed by atoms with Gasteiger partial charge in [0.1, 0.15) is 11.3 Å².